The van der Waals surface area contributed by atoms with Crippen LogP contribution in [-0.4, -0.2) is 32.5 Å². The second-order valence-electron chi connectivity index (χ2n) is 8.09. The van der Waals surface area contributed by atoms with E-state index in [0.29, 0.717) is 46.9 Å². The SMILES string of the molecule is Cc1ccc2[nH]c3c(c2c1)CN(C(=O)c1cc(-c2ccco2)nc2onc(C)c12)CC3. The van der Waals surface area contributed by atoms with Gasteiger partial charge in [0.25, 0.3) is 11.6 Å². The predicted molar refractivity (Wildman–Crippen MR) is 116 cm³/mol. The van der Waals surface area contributed by atoms with Crippen molar-refractivity contribution in [2.24, 2.45) is 0 Å². The van der Waals surface area contributed by atoms with Gasteiger partial charge in [0.15, 0.2) is 5.76 Å². The summed E-state index contributed by atoms with van der Waals surface area (Å²) in [6.45, 7) is 5.11. The van der Waals surface area contributed by atoms with Gasteiger partial charge in [-0.1, -0.05) is 16.8 Å². The third-order valence-electron chi connectivity index (χ3n) is 6.04. The largest absolute Gasteiger partial charge is 0.463 e. The first kappa shape index (κ1) is 17.9. The van der Waals surface area contributed by atoms with Crippen LogP contribution in [0.5, 0.6) is 0 Å². The number of carbonyl (C=O) groups is 1. The van der Waals surface area contributed by atoms with Gasteiger partial charge in [0, 0.05) is 41.7 Å². The summed E-state index contributed by atoms with van der Waals surface area (Å²) in [7, 11) is 0. The fraction of sp³-hybridized carbons (Fsp3) is 0.208. The van der Waals surface area contributed by atoms with Gasteiger partial charge in [0.1, 0.15) is 5.69 Å². The van der Waals surface area contributed by atoms with Crippen molar-refractivity contribution in [2.75, 3.05) is 6.54 Å². The molecule has 0 radical (unpaired) electrons. The van der Waals surface area contributed by atoms with Crippen molar-refractivity contribution in [1.82, 2.24) is 20.0 Å². The number of hydrogen-bond acceptors (Lipinski definition) is 5. The Labute approximate surface area is 177 Å². The van der Waals surface area contributed by atoms with E-state index >= 15 is 0 Å². The van der Waals surface area contributed by atoms with Crippen LogP contribution in [-0.2, 0) is 13.0 Å². The van der Waals surface area contributed by atoms with Crippen LogP contribution in [0.4, 0.5) is 0 Å². The molecule has 31 heavy (non-hydrogen) atoms. The maximum Gasteiger partial charge on any atom is 0.259 e. The fourth-order valence-corrected chi connectivity index (χ4v) is 4.49. The van der Waals surface area contributed by atoms with Gasteiger partial charge in [-0.05, 0) is 44.2 Å². The van der Waals surface area contributed by atoms with Gasteiger partial charge < -0.3 is 18.8 Å². The topological polar surface area (TPSA) is 88.2 Å². The lowest BCUT2D eigenvalue weighted by Crippen LogP contribution is -2.36. The van der Waals surface area contributed by atoms with Crippen molar-refractivity contribution >= 4 is 27.9 Å². The number of hydrogen-bond donors (Lipinski definition) is 1. The minimum atomic E-state index is -0.0563. The Morgan fingerprint density at radius 1 is 1.19 bits per heavy atom. The second-order valence-corrected chi connectivity index (χ2v) is 8.09. The first-order valence-corrected chi connectivity index (χ1v) is 10.3. The molecule has 0 fully saturated rings. The van der Waals surface area contributed by atoms with E-state index < -0.39 is 0 Å². The number of furan rings is 1. The molecule has 0 aliphatic carbocycles. The average Bonchev–Trinajstić information content (AvgIpc) is 3.51. The Morgan fingerprint density at radius 3 is 2.94 bits per heavy atom. The Bertz CT molecular complexity index is 1460. The lowest BCUT2D eigenvalue weighted by Gasteiger charge is -2.27. The van der Waals surface area contributed by atoms with Gasteiger partial charge in [-0.15, -0.1) is 0 Å². The van der Waals surface area contributed by atoms with Crippen molar-refractivity contribution in [3.05, 3.63) is 70.7 Å². The minimum Gasteiger partial charge on any atom is -0.463 e. The molecule has 7 nitrogen and oxygen atoms in total. The summed E-state index contributed by atoms with van der Waals surface area (Å²) in [4.78, 5) is 23.6. The van der Waals surface area contributed by atoms with E-state index in [4.69, 9.17) is 8.94 Å². The molecule has 0 saturated carbocycles. The standard InChI is InChI=1S/C24H20N4O3/c1-13-5-6-18-15(10-13)17-12-28(8-7-19(17)25-18)24(29)16-11-20(21-4-3-9-30-21)26-23-22(16)14(2)27-31-23/h3-6,9-11,25H,7-8,12H2,1-2H3. The van der Waals surface area contributed by atoms with Crippen molar-refractivity contribution in [3.8, 4) is 11.5 Å². The number of fused-ring (bicyclic) bond motifs is 4. The number of amides is 1. The highest BCUT2D eigenvalue weighted by Crippen LogP contribution is 2.32. The van der Waals surface area contributed by atoms with E-state index in [1.807, 2.05) is 17.9 Å². The molecular weight excluding hydrogens is 392 g/mol. The molecule has 1 aromatic carbocycles. The smallest absolute Gasteiger partial charge is 0.259 e. The van der Waals surface area contributed by atoms with Crippen LogP contribution in [0.25, 0.3) is 33.5 Å². The van der Waals surface area contributed by atoms with Crippen LogP contribution in [0.1, 0.15) is 32.9 Å². The minimum absolute atomic E-state index is 0.0563. The van der Waals surface area contributed by atoms with Gasteiger partial charge in [0.05, 0.1) is 22.9 Å². The molecule has 1 aliphatic heterocycles. The third-order valence-corrected chi connectivity index (χ3v) is 6.04. The van der Waals surface area contributed by atoms with Gasteiger partial charge in [-0.25, -0.2) is 4.98 Å². The Kier molecular flexibility index (Phi) is 3.80. The molecule has 5 aromatic rings. The Hall–Kier alpha value is -3.87. The molecule has 1 aliphatic rings. The van der Waals surface area contributed by atoms with E-state index in [0.717, 1.165) is 11.9 Å². The van der Waals surface area contributed by atoms with Crippen LogP contribution in [0.15, 0.2) is 51.6 Å². The molecule has 5 heterocycles. The molecule has 6 rings (SSSR count). The van der Waals surface area contributed by atoms with E-state index in [1.54, 1.807) is 18.4 Å². The number of aromatic nitrogens is 3. The summed E-state index contributed by atoms with van der Waals surface area (Å²) < 4.78 is 10.9. The molecule has 7 heteroatoms. The van der Waals surface area contributed by atoms with Gasteiger partial charge >= 0.3 is 0 Å². The first-order valence-electron chi connectivity index (χ1n) is 10.3. The molecule has 1 N–H and O–H groups in total. The Morgan fingerprint density at radius 2 is 2.10 bits per heavy atom. The van der Waals surface area contributed by atoms with Gasteiger partial charge in [-0.2, -0.15) is 0 Å². The molecule has 0 bridgehead atoms. The Balaban J connectivity index is 1.44. The van der Waals surface area contributed by atoms with Crippen LogP contribution in [0.2, 0.25) is 0 Å². The maximum atomic E-state index is 13.7. The number of H-pyrrole nitrogens is 1. The molecule has 154 valence electrons. The summed E-state index contributed by atoms with van der Waals surface area (Å²) in [6, 6.07) is 11.8. The van der Waals surface area contributed by atoms with E-state index in [2.05, 4.69) is 40.2 Å². The zero-order chi connectivity index (χ0) is 21.1. The number of nitrogens with zero attached hydrogens (tertiary/aromatic N) is 3. The predicted octanol–water partition coefficient (Wildman–Crippen LogP) is 4.78. The number of nitrogens with one attached hydrogen (secondary N) is 1. The summed E-state index contributed by atoms with van der Waals surface area (Å²) in [6.07, 6.45) is 2.37. The van der Waals surface area contributed by atoms with Crippen molar-refractivity contribution in [3.63, 3.8) is 0 Å². The summed E-state index contributed by atoms with van der Waals surface area (Å²) >= 11 is 0. The monoisotopic (exact) mass is 412 g/mol. The number of aryl methyl sites for hydroxylation is 2. The second kappa shape index (κ2) is 6.57. The highest BCUT2D eigenvalue weighted by Gasteiger charge is 2.28. The quantitative estimate of drug-likeness (QED) is 0.451. The summed E-state index contributed by atoms with van der Waals surface area (Å²) in [5, 5.41) is 5.88. The molecule has 0 saturated heterocycles. The number of benzene rings is 1. The molecule has 4 aromatic heterocycles. The third kappa shape index (κ3) is 2.77. The lowest BCUT2D eigenvalue weighted by molar-refractivity contribution is 0.0737. The number of carbonyl (C=O) groups excluding carboxylic acids is 1. The van der Waals surface area contributed by atoms with Crippen molar-refractivity contribution in [2.45, 2.75) is 26.8 Å². The van der Waals surface area contributed by atoms with Gasteiger partial charge in [0.2, 0.25) is 0 Å². The van der Waals surface area contributed by atoms with E-state index in [-0.39, 0.29) is 5.91 Å². The van der Waals surface area contributed by atoms with Crippen LogP contribution in [0, 0.1) is 13.8 Å². The van der Waals surface area contributed by atoms with Crippen molar-refractivity contribution in [1.29, 1.82) is 0 Å². The van der Waals surface area contributed by atoms with Crippen LogP contribution >= 0.6 is 0 Å². The highest BCUT2D eigenvalue weighted by molar-refractivity contribution is 6.07. The molecule has 0 unspecified atom stereocenters. The number of aromatic amines is 1. The molecular formula is C24H20N4O3. The van der Waals surface area contributed by atoms with Crippen LogP contribution < -0.4 is 0 Å². The summed E-state index contributed by atoms with van der Waals surface area (Å²) in [5.74, 6) is 0.525. The normalized spacial score (nSPS) is 13.8. The zero-order valence-electron chi connectivity index (χ0n) is 17.2. The maximum absolute atomic E-state index is 13.7. The lowest BCUT2D eigenvalue weighted by atomic mass is 10.0. The number of rotatable bonds is 2. The molecule has 0 spiro atoms. The van der Waals surface area contributed by atoms with E-state index in [1.165, 1.54) is 22.2 Å². The van der Waals surface area contributed by atoms with E-state index in [9.17, 15) is 4.79 Å². The highest BCUT2D eigenvalue weighted by atomic mass is 16.5. The van der Waals surface area contributed by atoms with Gasteiger partial charge in [-0.3, -0.25) is 4.79 Å². The molecule has 0 atom stereocenters. The van der Waals surface area contributed by atoms with Crippen LogP contribution in [0.3, 0.4) is 0 Å². The van der Waals surface area contributed by atoms with Crippen molar-refractivity contribution < 1.29 is 13.7 Å². The number of pyridine rings is 1. The molecule has 1 amide bonds. The first-order chi connectivity index (χ1) is 15.1. The average molecular weight is 412 g/mol. The fourth-order valence-electron chi connectivity index (χ4n) is 4.49. The summed E-state index contributed by atoms with van der Waals surface area (Å²) in [5.41, 5.74) is 6.81. The zero-order valence-corrected chi connectivity index (χ0v) is 17.2.